The molecule has 0 spiro atoms. The summed E-state index contributed by atoms with van der Waals surface area (Å²) in [5, 5.41) is 0. The maximum absolute atomic E-state index is 6.84. The zero-order valence-electron chi connectivity index (χ0n) is 35.7. The maximum Gasteiger partial charge on any atom is 0.137 e. The lowest BCUT2D eigenvalue weighted by molar-refractivity contribution is 0.483. The van der Waals surface area contributed by atoms with Gasteiger partial charge in [-0.2, -0.15) is 0 Å². The van der Waals surface area contributed by atoms with Crippen molar-refractivity contribution in [3.63, 3.8) is 0 Å². The highest BCUT2D eigenvalue weighted by Gasteiger charge is 2.31. The summed E-state index contributed by atoms with van der Waals surface area (Å²) >= 11 is 0. The Kier molecular flexibility index (Phi) is 9.29. The Hall–Kier alpha value is -7.11. The number of anilines is 7. The number of nitrogens with zero attached hydrogens (tertiary/aromatic N) is 4. The first-order valence-corrected chi connectivity index (χ1v) is 21.2. The summed E-state index contributed by atoms with van der Waals surface area (Å²) in [6.07, 6.45) is 1.86. The highest BCUT2D eigenvalue weighted by atomic mass is 16.5. The molecule has 1 aromatic heterocycles. The molecule has 0 amide bonds. The Morgan fingerprint density at radius 2 is 1.07 bits per heavy atom. The zero-order chi connectivity index (χ0) is 41.9. The van der Waals surface area contributed by atoms with E-state index in [2.05, 4.69) is 214 Å². The number of pyridine rings is 1. The normalized spacial score (nSPS) is 13.2. The van der Waals surface area contributed by atoms with Gasteiger partial charge in [-0.05, 0) is 117 Å². The Bertz CT molecular complexity index is 2880. The molecular formula is C56H50N4O. The highest BCUT2D eigenvalue weighted by Crippen LogP contribution is 2.52. The summed E-state index contributed by atoms with van der Waals surface area (Å²) < 4.78 is 6.84. The standard InChI is InChI=1S/C56H50N4O/c1-55(2,3)40-32-41(56(4,5)6)34-43(33-40)59-37-58(51-23-12-13-24-52(51)59)42-19-16-20-44(35-42)61-45-27-28-48-46-21-10-11-22-47(46)49-31-39(38-17-8-7-9-18-38)26-29-50(49)60(53(48)36-45)54-25-14-15-30-57-54/h7-36H,37H2,1-6H3. The van der Waals surface area contributed by atoms with Gasteiger partial charge in [0.1, 0.15) is 24.0 Å². The average molecular weight is 795 g/mol. The van der Waals surface area contributed by atoms with Crippen LogP contribution in [-0.2, 0) is 10.8 Å². The van der Waals surface area contributed by atoms with Gasteiger partial charge in [-0.3, -0.25) is 4.90 Å². The molecule has 5 nitrogen and oxygen atoms in total. The Morgan fingerprint density at radius 1 is 0.426 bits per heavy atom. The van der Waals surface area contributed by atoms with E-state index in [-0.39, 0.29) is 10.8 Å². The summed E-state index contributed by atoms with van der Waals surface area (Å²) in [6, 6.07) is 62.9. The topological polar surface area (TPSA) is 31.8 Å². The van der Waals surface area contributed by atoms with Crippen LogP contribution in [0.4, 0.5) is 39.9 Å². The smallest absolute Gasteiger partial charge is 0.137 e. The van der Waals surface area contributed by atoms with Crippen LogP contribution < -0.4 is 19.4 Å². The van der Waals surface area contributed by atoms with E-state index >= 15 is 0 Å². The second kappa shape index (κ2) is 14.9. The van der Waals surface area contributed by atoms with Gasteiger partial charge in [0, 0.05) is 40.8 Å². The quantitative estimate of drug-likeness (QED) is 0.167. The van der Waals surface area contributed by atoms with Gasteiger partial charge in [-0.25, -0.2) is 4.98 Å². The molecule has 0 radical (unpaired) electrons. The molecule has 0 fully saturated rings. The predicted molar refractivity (Wildman–Crippen MR) is 255 cm³/mol. The van der Waals surface area contributed by atoms with E-state index in [9.17, 15) is 0 Å². The Balaban J connectivity index is 1.03. The van der Waals surface area contributed by atoms with E-state index in [1.807, 2.05) is 24.4 Å². The summed E-state index contributed by atoms with van der Waals surface area (Å²) in [7, 11) is 0. The molecule has 10 rings (SSSR count). The third kappa shape index (κ3) is 7.10. The lowest BCUT2D eigenvalue weighted by Gasteiger charge is -2.29. The van der Waals surface area contributed by atoms with Crippen LogP contribution in [0.3, 0.4) is 0 Å². The third-order valence-corrected chi connectivity index (χ3v) is 12.0. The molecule has 2 aliphatic rings. The minimum atomic E-state index is 0.0176. The van der Waals surface area contributed by atoms with Crippen LogP contribution in [0.25, 0.3) is 33.4 Å². The molecular weight excluding hydrogens is 745 g/mol. The number of rotatable bonds is 6. The average Bonchev–Trinajstić information content (AvgIpc) is 3.61. The van der Waals surface area contributed by atoms with Gasteiger partial charge >= 0.3 is 0 Å². The predicted octanol–water partition coefficient (Wildman–Crippen LogP) is 15.5. The van der Waals surface area contributed by atoms with Gasteiger partial charge in [0.05, 0.1) is 22.7 Å². The SMILES string of the molecule is CC(C)(C)c1cc(N2CN(c3cccc(Oc4ccc5c(c4)N(c4ccccn4)c4ccc(-c6ccccc6)cc4-c4ccccc4-5)c3)c3ccccc32)cc(C(C)(C)C)c1. The van der Waals surface area contributed by atoms with Crippen molar-refractivity contribution in [2.75, 3.05) is 21.4 Å². The molecule has 0 atom stereocenters. The minimum Gasteiger partial charge on any atom is -0.457 e. The van der Waals surface area contributed by atoms with Crippen molar-refractivity contribution in [3.8, 4) is 44.9 Å². The van der Waals surface area contributed by atoms with E-state index in [0.29, 0.717) is 6.67 Å². The molecule has 5 heteroatoms. The summed E-state index contributed by atoms with van der Waals surface area (Å²) in [5.41, 5.74) is 16.4. The van der Waals surface area contributed by atoms with Crippen molar-refractivity contribution < 1.29 is 4.74 Å². The van der Waals surface area contributed by atoms with Crippen molar-refractivity contribution in [3.05, 3.63) is 193 Å². The van der Waals surface area contributed by atoms with Crippen molar-refractivity contribution in [2.24, 2.45) is 0 Å². The number of fused-ring (bicyclic) bond motifs is 6. The van der Waals surface area contributed by atoms with Crippen molar-refractivity contribution >= 4 is 39.9 Å². The first-order chi connectivity index (χ1) is 29.5. The van der Waals surface area contributed by atoms with Crippen LogP contribution in [0.2, 0.25) is 0 Å². The molecule has 0 aliphatic carbocycles. The molecule has 0 saturated heterocycles. The molecule has 0 saturated carbocycles. The first-order valence-electron chi connectivity index (χ1n) is 21.2. The number of ether oxygens (including phenoxy) is 1. The van der Waals surface area contributed by atoms with Crippen LogP contribution in [0, 0.1) is 0 Å². The summed E-state index contributed by atoms with van der Waals surface area (Å²) in [5.74, 6) is 2.35. The minimum absolute atomic E-state index is 0.0176. The van der Waals surface area contributed by atoms with Gasteiger partial charge in [0.2, 0.25) is 0 Å². The van der Waals surface area contributed by atoms with E-state index in [1.165, 1.54) is 44.9 Å². The molecule has 0 bridgehead atoms. The van der Waals surface area contributed by atoms with Crippen molar-refractivity contribution in [1.29, 1.82) is 0 Å². The second-order valence-electron chi connectivity index (χ2n) is 18.2. The fourth-order valence-electron chi connectivity index (χ4n) is 8.70. The molecule has 0 N–H and O–H groups in total. The van der Waals surface area contributed by atoms with Gasteiger partial charge in [0.25, 0.3) is 0 Å². The Labute approximate surface area is 360 Å². The third-order valence-electron chi connectivity index (χ3n) is 12.0. The van der Waals surface area contributed by atoms with Crippen LogP contribution >= 0.6 is 0 Å². The van der Waals surface area contributed by atoms with Crippen LogP contribution in [-0.4, -0.2) is 11.7 Å². The first kappa shape index (κ1) is 38.1. The molecule has 8 aromatic rings. The molecule has 7 aromatic carbocycles. The molecule has 300 valence electrons. The second-order valence-corrected chi connectivity index (χ2v) is 18.2. The number of benzene rings is 7. The largest absolute Gasteiger partial charge is 0.457 e. The molecule has 3 heterocycles. The Morgan fingerprint density at radius 3 is 1.75 bits per heavy atom. The monoisotopic (exact) mass is 794 g/mol. The van der Waals surface area contributed by atoms with Gasteiger partial charge in [-0.1, -0.05) is 133 Å². The maximum atomic E-state index is 6.84. The van der Waals surface area contributed by atoms with Crippen LogP contribution in [0.5, 0.6) is 11.5 Å². The summed E-state index contributed by atoms with van der Waals surface area (Å²) in [6.45, 7) is 14.5. The van der Waals surface area contributed by atoms with Gasteiger partial charge < -0.3 is 14.5 Å². The number of hydrogen-bond donors (Lipinski definition) is 0. The van der Waals surface area contributed by atoms with Crippen molar-refractivity contribution in [1.82, 2.24) is 4.98 Å². The number of aromatic nitrogens is 1. The molecule has 2 aliphatic heterocycles. The van der Waals surface area contributed by atoms with E-state index in [4.69, 9.17) is 9.72 Å². The fraction of sp³-hybridized carbons (Fsp3) is 0.161. The van der Waals surface area contributed by atoms with Gasteiger partial charge in [-0.15, -0.1) is 0 Å². The van der Waals surface area contributed by atoms with Gasteiger partial charge in [0.15, 0.2) is 0 Å². The van der Waals surface area contributed by atoms with Crippen LogP contribution in [0.1, 0.15) is 52.7 Å². The van der Waals surface area contributed by atoms with E-state index in [1.54, 1.807) is 0 Å². The van der Waals surface area contributed by atoms with Crippen LogP contribution in [0.15, 0.2) is 182 Å². The molecule has 61 heavy (non-hydrogen) atoms. The van der Waals surface area contributed by atoms with E-state index in [0.717, 1.165) is 51.1 Å². The van der Waals surface area contributed by atoms with E-state index < -0.39 is 0 Å². The number of para-hydroxylation sites is 2. The fourth-order valence-corrected chi connectivity index (χ4v) is 8.70. The molecule has 0 unspecified atom stereocenters. The lowest BCUT2D eigenvalue weighted by atomic mass is 9.80. The summed E-state index contributed by atoms with van der Waals surface area (Å²) in [4.78, 5) is 12.0. The van der Waals surface area contributed by atoms with Crippen molar-refractivity contribution in [2.45, 2.75) is 52.4 Å². The number of hydrogen-bond acceptors (Lipinski definition) is 5. The lowest BCUT2D eigenvalue weighted by Crippen LogP contribution is -2.25. The zero-order valence-corrected chi connectivity index (χ0v) is 35.7. The highest BCUT2D eigenvalue weighted by molar-refractivity contribution is 6.03.